The number of thioether (sulfide) groups is 1. The van der Waals surface area contributed by atoms with E-state index in [1.807, 2.05) is 0 Å². The molecule has 1 fully saturated rings. The van der Waals surface area contributed by atoms with Gasteiger partial charge in [-0.25, -0.2) is 13.2 Å². The summed E-state index contributed by atoms with van der Waals surface area (Å²) in [6.07, 6.45) is -0.668. The number of anilines is 1. The van der Waals surface area contributed by atoms with Crippen LogP contribution in [-0.4, -0.2) is 67.6 Å². The second kappa shape index (κ2) is 7.51. The number of esters is 1. The first-order valence-corrected chi connectivity index (χ1v) is 11.2. The van der Waals surface area contributed by atoms with E-state index in [1.165, 1.54) is 36.7 Å². The van der Waals surface area contributed by atoms with Crippen molar-refractivity contribution in [2.75, 3.05) is 29.6 Å². The van der Waals surface area contributed by atoms with Gasteiger partial charge in [-0.2, -0.15) is 0 Å². The predicted molar refractivity (Wildman–Crippen MR) is 101 cm³/mol. The van der Waals surface area contributed by atoms with Crippen LogP contribution in [0.15, 0.2) is 23.1 Å². The Labute approximate surface area is 161 Å². The van der Waals surface area contributed by atoms with Gasteiger partial charge in [0.15, 0.2) is 15.9 Å². The molecule has 146 valence electrons. The summed E-state index contributed by atoms with van der Waals surface area (Å²) in [5.41, 5.74) is 0.764. The van der Waals surface area contributed by atoms with Crippen LogP contribution in [0.1, 0.15) is 23.7 Å². The zero-order valence-corrected chi connectivity index (χ0v) is 16.6. The summed E-state index contributed by atoms with van der Waals surface area (Å²) in [5, 5.41) is 2.69. The maximum absolute atomic E-state index is 12.5. The Hall–Kier alpha value is -2.07. The summed E-state index contributed by atoms with van der Waals surface area (Å²) < 4.78 is 28.4. The van der Waals surface area contributed by atoms with Crippen LogP contribution in [0.2, 0.25) is 0 Å². The molecule has 0 saturated carbocycles. The van der Waals surface area contributed by atoms with Crippen molar-refractivity contribution in [2.45, 2.75) is 30.4 Å². The average molecular weight is 412 g/mol. The summed E-state index contributed by atoms with van der Waals surface area (Å²) in [5.74, 6) is -0.968. The summed E-state index contributed by atoms with van der Waals surface area (Å²) >= 11 is 1.38. The molecule has 27 heavy (non-hydrogen) atoms. The predicted octanol–water partition coefficient (Wildman–Crippen LogP) is 0.922. The number of fused-ring (bicyclic) bond motifs is 1. The molecular formula is C17H20N2O6S2. The van der Waals surface area contributed by atoms with Crippen molar-refractivity contribution in [2.24, 2.45) is 0 Å². The molecule has 0 aliphatic carbocycles. The lowest BCUT2D eigenvalue weighted by atomic mass is 10.2. The molecule has 2 heterocycles. The van der Waals surface area contributed by atoms with Crippen LogP contribution in [-0.2, 0) is 24.2 Å². The molecule has 0 spiro atoms. The van der Waals surface area contributed by atoms with Crippen LogP contribution < -0.4 is 5.32 Å². The fourth-order valence-corrected chi connectivity index (χ4v) is 5.60. The number of hydrogen-bond donors (Lipinski definition) is 1. The summed E-state index contributed by atoms with van der Waals surface area (Å²) in [4.78, 5) is 38.5. The molecule has 0 aromatic heterocycles. The molecule has 2 amide bonds. The van der Waals surface area contributed by atoms with Crippen LogP contribution in [0.3, 0.4) is 0 Å². The van der Waals surface area contributed by atoms with Gasteiger partial charge in [0.25, 0.3) is 5.91 Å². The monoisotopic (exact) mass is 412 g/mol. The number of amides is 2. The Morgan fingerprint density at radius 3 is 2.78 bits per heavy atom. The van der Waals surface area contributed by atoms with E-state index in [0.717, 1.165) is 4.90 Å². The second-order valence-electron chi connectivity index (χ2n) is 6.60. The highest BCUT2D eigenvalue weighted by atomic mass is 32.2. The van der Waals surface area contributed by atoms with Gasteiger partial charge in [-0.05, 0) is 31.5 Å². The Morgan fingerprint density at radius 1 is 1.37 bits per heavy atom. The Bertz CT molecular complexity index is 899. The van der Waals surface area contributed by atoms with Gasteiger partial charge < -0.3 is 15.0 Å². The van der Waals surface area contributed by atoms with Crippen molar-refractivity contribution in [1.29, 1.82) is 0 Å². The first-order valence-electron chi connectivity index (χ1n) is 8.41. The van der Waals surface area contributed by atoms with Crippen molar-refractivity contribution >= 4 is 45.1 Å². The maximum Gasteiger partial charge on any atom is 0.338 e. The lowest BCUT2D eigenvalue weighted by Crippen LogP contribution is -2.44. The first-order chi connectivity index (χ1) is 12.7. The quantitative estimate of drug-likeness (QED) is 0.732. The van der Waals surface area contributed by atoms with Crippen LogP contribution in [0.4, 0.5) is 5.69 Å². The zero-order valence-electron chi connectivity index (χ0n) is 14.9. The number of nitrogens with zero attached hydrogens (tertiary/aromatic N) is 1. The molecule has 10 heteroatoms. The molecule has 1 aromatic carbocycles. The third-order valence-corrected chi connectivity index (χ3v) is 7.41. The van der Waals surface area contributed by atoms with E-state index in [4.69, 9.17) is 4.74 Å². The third-order valence-electron chi connectivity index (χ3n) is 4.58. The van der Waals surface area contributed by atoms with E-state index >= 15 is 0 Å². The van der Waals surface area contributed by atoms with Crippen LogP contribution in [0.25, 0.3) is 0 Å². The van der Waals surface area contributed by atoms with Crippen molar-refractivity contribution in [3.8, 4) is 0 Å². The molecule has 2 atom stereocenters. The number of carbonyl (C=O) groups is 3. The highest BCUT2D eigenvalue weighted by Gasteiger charge is 2.35. The summed E-state index contributed by atoms with van der Waals surface area (Å²) in [6.45, 7) is 1.45. The second-order valence-corrected chi connectivity index (χ2v) is 9.85. The standard InChI is InChI=1S/C17H20N2O6S2/c1-10(16(21)19(2)12-5-6-27(23,24)9-12)25-17(22)11-3-4-14-13(7-11)18-15(20)8-26-14/h3-4,7,10,12H,5-6,8-9H2,1-2H3,(H,18,20)/t10-,12+/m1/s1. The molecular weight excluding hydrogens is 392 g/mol. The van der Waals surface area contributed by atoms with E-state index in [1.54, 1.807) is 12.1 Å². The minimum absolute atomic E-state index is 0.0579. The number of ether oxygens (including phenoxy) is 1. The Morgan fingerprint density at radius 2 is 2.11 bits per heavy atom. The number of hydrogen-bond acceptors (Lipinski definition) is 7. The molecule has 1 aromatic rings. The van der Waals surface area contributed by atoms with Crippen LogP contribution in [0.5, 0.6) is 0 Å². The van der Waals surface area contributed by atoms with Gasteiger partial charge >= 0.3 is 5.97 Å². The maximum atomic E-state index is 12.5. The highest BCUT2D eigenvalue weighted by Crippen LogP contribution is 2.32. The fraction of sp³-hybridized carbons (Fsp3) is 0.471. The van der Waals surface area contributed by atoms with Gasteiger partial charge in [0.05, 0.1) is 28.5 Å². The lowest BCUT2D eigenvalue weighted by molar-refractivity contribution is -0.140. The highest BCUT2D eigenvalue weighted by molar-refractivity contribution is 8.00. The molecule has 2 aliphatic heterocycles. The Kier molecular flexibility index (Phi) is 5.48. The van der Waals surface area contributed by atoms with Crippen molar-refractivity contribution in [3.63, 3.8) is 0 Å². The van der Waals surface area contributed by atoms with E-state index in [2.05, 4.69) is 5.32 Å². The van der Waals surface area contributed by atoms with E-state index in [0.29, 0.717) is 17.9 Å². The molecule has 3 rings (SSSR count). The summed E-state index contributed by atoms with van der Waals surface area (Å²) in [7, 11) is -1.60. The van der Waals surface area contributed by atoms with Gasteiger partial charge in [0.1, 0.15) is 0 Å². The van der Waals surface area contributed by atoms with E-state index in [-0.39, 0.29) is 23.0 Å². The molecule has 8 nitrogen and oxygen atoms in total. The third kappa shape index (κ3) is 4.44. The zero-order chi connectivity index (χ0) is 19.8. The lowest BCUT2D eigenvalue weighted by Gasteiger charge is -2.26. The number of carbonyl (C=O) groups excluding carboxylic acids is 3. The molecule has 0 radical (unpaired) electrons. The van der Waals surface area contributed by atoms with Gasteiger partial charge in [-0.15, -0.1) is 11.8 Å². The van der Waals surface area contributed by atoms with E-state index in [9.17, 15) is 22.8 Å². The largest absolute Gasteiger partial charge is 0.449 e. The van der Waals surface area contributed by atoms with E-state index < -0.39 is 33.9 Å². The number of likely N-dealkylation sites (N-methyl/N-ethyl adjacent to an activating group) is 1. The summed E-state index contributed by atoms with van der Waals surface area (Å²) in [6, 6.07) is 4.42. The van der Waals surface area contributed by atoms with Gasteiger partial charge in [-0.1, -0.05) is 0 Å². The van der Waals surface area contributed by atoms with Crippen molar-refractivity contribution < 1.29 is 27.5 Å². The fourth-order valence-electron chi connectivity index (χ4n) is 3.04. The van der Waals surface area contributed by atoms with Crippen LogP contribution in [0, 0.1) is 0 Å². The van der Waals surface area contributed by atoms with Gasteiger partial charge in [-0.3, -0.25) is 9.59 Å². The average Bonchev–Trinajstić information content (AvgIpc) is 2.99. The minimum atomic E-state index is -3.12. The number of sulfone groups is 1. The number of benzene rings is 1. The molecule has 0 bridgehead atoms. The Balaban J connectivity index is 1.64. The molecule has 2 aliphatic rings. The van der Waals surface area contributed by atoms with Crippen LogP contribution >= 0.6 is 11.8 Å². The smallest absolute Gasteiger partial charge is 0.338 e. The molecule has 0 unspecified atom stereocenters. The molecule has 1 N–H and O–H groups in total. The number of rotatable bonds is 4. The normalized spacial score (nSPS) is 21.7. The van der Waals surface area contributed by atoms with Crippen molar-refractivity contribution in [3.05, 3.63) is 23.8 Å². The topological polar surface area (TPSA) is 110 Å². The van der Waals surface area contributed by atoms with Gasteiger partial charge in [0, 0.05) is 18.0 Å². The number of nitrogens with one attached hydrogen (secondary N) is 1. The minimum Gasteiger partial charge on any atom is -0.449 e. The first kappa shape index (κ1) is 19.7. The SMILES string of the molecule is C[C@@H](OC(=O)c1ccc2c(c1)NC(=O)CS2)C(=O)N(C)[C@H]1CCS(=O)(=O)C1. The molecule has 1 saturated heterocycles. The van der Waals surface area contributed by atoms with Gasteiger partial charge in [0.2, 0.25) is 5.91 Å². The van der Waals surface area contributed by atoms with Crippen molar-refractivity contribution in [1.82, 2.24) is 4.90 Å².